The molecule has 0 saturated carbocycles. The monoisotopic (exact) mass is 556 g/mol. The molecule has 3 unspecified atom stereocenters. The van der Waals surface area contributed by atoms with Crippen molar-refractivity contribution in [3.05, 3.63) is 77.4 Å². The summed E-state index contributed by atoms with van der Waals surface area (Å²) in [5, 5.41) is 17.5. The van der Waals surface area contributed by atoms with Gasteiger partial charge in [0.25, 0.3) is 5.91 Å². The van der Waals surface area contributed by atoms with Crippen molar-refractivity contribution in [3.8, 4) is 6.07 Å². The molecule has 3 amide bonds. The number of nitrogens with zero attached hydrogens (tertiary/aromatic N) is 2. The summed E-state index contributed by atoms with van der Waals surface area (Å²) in [6.45, 7) is 12.4. The highest BCUT2D eigenvalue weighted by Crippen LogP contribution is 2.28. The van der Waals surface area contributed by atoms with Gasteiger partial charge in [-0.2, -0.15) is 5.26 Å². The van der Waals surface area contributed by atoms with Crippen molar-refractivity contribution in [2.24, 2.45) is 5.92 Å². The third kappa shape index (κ3) is 8.31. The number of nitriles is 1. The molecule has 3 aromatic carbocycles. The van der Waals surface area contributed by atoms with Crippen molar-refractivity contribution < 1.29 is 19.1 Å². The molecule has 0 fully saturated rings. The van der Waals surface area contributed by atoms with Gasteiger partial charge in [0.15, 0.2) is 0 Å². The van der Waals surface area contributed by atoms with E-state index in [4.69, 9.17) is 4.74 Å². The van der Waals surface area contributed by atoms with Crippen molar-refractivity contribution in [2.75, 3.05) is 11.9 Å². The molecule has 0 aliphatic heterocycles. The zero-order chi connectivity index (χ0) is 30.3. The second-order valence-electron chi connectivity index (χ2n) is 11.5. The number of rotatable bonds is 9. The molecule has 0 spiro atoms. The first-order chi connectivity index (χ1) is 19.3. The van der Waals surface area contributed by atoms with Crippen LogP contribution in [0.1, 0.15) is 63.8 Å². The summed E-state index contributed by atoms with van der Waals surface area (Å²) in [4.78, 5) is 42.2. The zero-order valence-corrected chi connectivity index (χ0v) is 24.9. The first-order valence-corrected chi connectivity index (χ1v) is 13.9. The molecule has 0 saturated heterocycles. The van der Waals surface area contributed by atoms with E-state index in [9.17, 15) is 19.6 Å². The first-order valence-electron chi connectivity index (χ1n) is 13.9. The molecule has 0 aliphatic rings. The van der Waals surface area contributed by atoms with E-state index in [-0.39, 0.29) is 12.5 Å². The summed E-state index contributed by atoms with van der Waals surface area (Å²) in [5.74, 6) is -1.29. The van der Waals surface area contributed by atoms with Crippen LogP contribution in [-0.2, 0) is 14.3 Å². The number of carbonyl (C=O) groups excluding carboxylic acids is 3. The molecule has 3 atom stereocenters. The molecule has 41 heavy (non-hydrogen) atoms. The lowest BCUT2D eigenvalue weighted by Crippen LogP contribution is -2.54. The Morgan fingerprint density at radius 2 is 1.61 bits per heavy atom. The van der Waals surface area contributed by atoms with Gasteiger partial charge in [-0.05, 0) is 69.0 Å². The Hall–Kier alpha value is -4.38. The summed E-state index contributed by atoms with van der Waals surface area (Å²) in [6.07, 6.45) is -0.166. The molecule has 0 aliphatic carbocycles. The van der Waals surface area contributed by atoms with E-state index in [1.54, 1.807) is 26.8 Å². The van der Waals surface area contributed by atoms with Gasteiger partial charge in [0.2, 0.25) is 5.91 Å². The minimum atomic E-state index is -1.13. The van der Waals surface area contributed by atoms with Crippen LogP contribution in [-0.4, -0.2) is 41.0 Å². The molecule has 3 aromatic rings. The van der Waals surface area contributed by atoms with Crippen molar-refractivity contribution in [1.82, 2.24) is 10.2 Å². The molecule has 2 N–H and O–H groups in total. The Kier molecular flexibility index (Phi) is 10.1. The van der Waals surface area contributed by atoms with Gasteiger partial charge < -0.3 is 20.3 Å². The van der Waals surface area contributed by atoms with E-state index >= 15 is 0 Å². The lowest BCUT2D eigenvalue weighted by Gasteiger charge is -2.35. The Balaban J connectivity index is 2.06. The maximum absolute atomic E-state index is 14.2. The number of amides is 3. The van der Waals surface area contributed by atoms with Gasteiger partial charge in [0.05, 0.1) is 6.07 Å². The number of aryl methyl sites for hydroxylation is 2. The fourth-order valence-electron chi connectivity index (χ4n) is 4.79. The standard InChI is InChI=1S/C33H40N4O4/c1-8-23(4)28(36-32(40)41-33(5,6)7)31(39)37(16-15-34)29(26-18-21(2)17-22(3)19-26)30(38)35-27-14-13-24-11-9-10-12-25(24)20-27/h9-14,17-20,23,28-29H,8,16H2,1-7H3,(H,35,38)(H,36,40). The van der Waals surface area contributed by atoms with E-state index in [0.717, 1.165) is 21.9 Å². The van der Waals surface area contributed by atoms with E-state index in [1.807, 2.05) is 82.3 Å². The topological polar surface area (TPSA) is 112 Å². The zero-order valence-electron chi connectivity index (χ0n) is 24.9. The number of benzene rings is 3. The van der Waals surface area contributed by atoms with Crippen molar-refractivity contribution >= 4 is 34.4 Å². The lowest BCUT2D eigenvalue weighted by molar-refractivity contribution is -0.141. The van der Waals surface area contributed by atoms with Gasteiger partial charge in [-0.3, -0.25) is 9.59 Å². The Morgan fingerprint density at radius 1 is 0.976 bits per heavy atom. The predicted molar refractivity (Wildman–Crippen MR) is 161 cm³/mol. The quantitative estimate of drug-likeness (QED) is 0.295. The largest absolute Gasteiger partial charge is 0.444 e. The van der Waals surface area contributed by atoms with Crippen LogP contribution in [0, 0.1) is 31.1 Å². The van der Waals surface area contributed by atoms with E-state index < -0.39 is 35.6 Å². The molecular weight excluding hydrogens is 516 g/mol. The highest BCUT2D eigenvalue weighted by molar-refractivity contribution is 6.00. The van der Waals surface area contributed by atoms with Crippen LogP contribution in [0.3, 0.4) is 0 Å². The molecule has 216 valence electrons. The van der Waals surface area contributed by atoms with Gasteiger partial charge in [-0.1, -0.05) is 79.9 Å². The summed E-state index contributed by atoms with van der Waals surface area (Å²) in [7, 11) is 0. The third-order valence-corrected chi connectivity index (χ3v) is 6.81. The number of anilines is 1. The molecule has 8 heteroatoms. The average Bonchev–Trinajstić information content (AvgIpc) is 2.89. The van der Waals surface area contributed by atoms with Crippen LogP contribution in [0.2, 0.25) is 0 Å². The van der Waals surface area contributed by atoms with Crippen LogP contribution in [0.25, 0.3) is 10.8 Å². The van der Waals surface area contributed by atoms with Gasteiger partial charge in [-0.25, -0.2) is 4.79 Å². The van der Waals surface area contributed by atoms with Crippen LogP contribution in [0.5, 0.6) is 0 Å². The molecule has 0 bridgehead atoms. The van der Waals surface area contributed by atoms with Crippen molar-refractivity contribution in [2.45, 2.75) is 72.6 Å². The van der Waals surface area contributed by atoms with Crippen molar-refractivity contribution in [3.63, 3.8) is 0 Å². The fourth-order valence-corrected chi connectivity index (χ4v) is 4.79. The van der Waals surface area contributed by atoms with E-state index in [2.05, 4.69) is 16.7 Å². The van der Waals surface area contributed by atoms with Crippen molar-refractivity contribution in [1.29, 1.82) is 5.26 Å². The minimum Gasteiger partial charge on any atom is -0.444 e. The highest BCUT2D eigenvalue weighted by Gasteiger charge is 2.38. The predicted octanol–water partition coefficient (Wildman–Crippen LogP) is 6.43. The Labute approximate surface area is 242 Å². The summed E-state index contributed by atoms with van der Waals surface area (Å²) in [6, 6.07) is 19.0. The molecule has 0 radical (unpaired) electrons. The van der Waals surface area contributed by atoms with Gasteiger partial charge in [-0.15, -0.1) is 0 Å². The third-order valence-electron chi connectivity index (χ3n) is 6.81. The Bertz CT molecular complexity index is 1430. The van der Waals surface area contributed by atoms with Gasteiger partial charge in [0, 0.05) is 5.69 Å². The molecule has 0 heterocycles. The first kappa shape index (κ1) is 31.2. The van der Waals surface area contributed by atoms with Crippen LogP contribution >= 0.6 is 0 Å². The molecule has 0 aromatic heterocycles. The number of ether oxygens (including phenoxy) is 1. The fraction of sp³-hybridized carbons (Fsp3) is 0.394. The smallest absolute Gasteiger partial charge is 0.408 e. The van der Waals surface area contributed by atoms with E-state index in [0.29, 0.717) is 17.7 Å². The van der Waals surface area contributed by atoms with E-state index in [1.165, 1.54) is 4.90 Å². The maximum Gasteiger partial charge on any atom is 0.408 e. The highest BCUT2D eigenvalue weighted by atomic mass is 16.6. The Morgan fingerprint density at radius 3 is 2.20 bits per heavy atom. The second-order valence-corrected chi connectivity index (χ2v) is 11.5. The summed E-state index contributed by atoms with van der Waals surface area (Å²) >= 11 is 0. The van der Waals surface area contributed by atoms with Crippen LogP contribution < -0.4 is 10.6 Å². The average molecular weight is 557 g/mol. The number of nitrogens with one attached hydrogen (secondary N) is 2. The van der Waals surface area contributed by atoms with Gasteiger partial charge >= 0.3 is 6.09 Å². The summed E-state index contributed by atoms with van der Waals surface area (Å²) in [5.41, 5.74) is 2.21. The normalized spacial score (nSPS) is 13.4. The summed E-state index contributed by atoms with van der Waals surface area (Å²) < 4.78 is 5.43. The number of alkyl carbamates (subject to hydrolysis) is 1. The van der Waals surface area contributed by atoms with Gasteiger partial charge in [0.1, 0.15) is 24.2 Å². The minimum absolute atomic E-state index is 0.292. The maximum atomic E-state index is 14.2. The molecular formula is C33H40N4O4. The molecule has 8 nitrogen and oxygen atoms in total. The SMILES string of the molecule is CCC(C)C(NC(=O)OC(C)(C)C)C(=O)N(CC#N)C(C(=O)Nc1ccc2ccccc2c1)c1cc(C)cc(C)c1. The lowest BCUT2D eigenvalue weighted by atomic mass is 9.94. The van der Waals surface area contributed by atoms with Crippen LogP contribution in [0.15, 0.2) is 60.7 Å². The van der Waals surface area contributed by atoms with Crippen LogP contribution in [0.4, 0.5) is 10.5 Å². The number of carbonyl (C=O) groups is 3. The number of hydrogen-bond acceptors (Lipinski definition) is 5. The molecule has 3 rings (SSSR count). The number of hydrogen-bond donors (Lipinski definition) is 2. The number of fused-ring (bicyclic) bond motifs is 1. The second kappa shape index (κ2) is 13.3.